The minimum atomic E-state index is 0.0190. The number of rotatable bonds is 4. The van der Waals surface area contributed by atoms with Gasteiger partial charge in [-0.25, -0.2) is 4.98 Å². The molecule has 2 fully saturated rings. The van der Waals surface area contributed by atoms with Gasteiger partial charge in [0.05, 0.1) is 12.6 Å². The number of amides is 1. The Morgan fingerprint density at radius 3 is 3.00 bits per heavy atom. The Hall–Kier alpha value is -1.89. The Morgan fingerprint density at radius 1 is 1.35 bits per heavy atom. The third-order valence-electron chi connectivity index (χ3n) is 4.27. The number of nitrogens with zero attached hydrogens (tertiary/aromatic N) is 3. The zero-order chi connectivity index (χ0) is 16.1. The van der Waals surface area contributed by atoms with Gasteiger partial charge in [0.25, 0.3) is 0 Å². The van der Waals surface area contributed by atoms with Crippen molar-refractivity contribution in [1.82, 2.24) is 15.3 Å². The van der Waals surface area contributed by atoms with Crippen molar-refractivity contribution in [1.29, 1.82) is 0 Å². The van der Waals surface area contributed by atoms with E-state index in [9.17, 15) is 4.79 Å². The maximum absolute atomic E-state index is 11.2. The molecule has 0 aliphatic carbocycles. The topological polar surface area (TPSA) is 79.4 Å². The predicted molar refractivity (Wildman–Crippen MR) is 88.5 cm³/mol. The Kier molecular flexibility index (Phi) is 5.27. The Bertz CT molecular complexity index is 533. The van der Waals surface area contributed by atoms with Crippen LogP contribution in [-0.4, -0.2) is 54.3 Å². The van der Waals surface area contributed by atoms with Gasteiger partial charge < -0.3 is 20.3 Å². The van der Waals surface area contributed by atoms with Crippen LogP contribution in [0.1, 0.15) is 32.6 Å². The quantitative estimate of drug-likeness (QED) is 0.867. The molecule has 3 rings (SSSR count). The normalized spacial score (nSPS) is 25.0. The number of aromatic nitrogens is 2. The molecule has 0 spiro atoms. The van der Waals surface area contributed by atoms with Gasteiger partial charge in [0, 0.05) is 38.9 Å². The fraction of sp³-hybridized carbons (Fsp3) is 0.688. The maximum Gasteiger partial charge on any atom is 0.227 e. The lowest BCUT2D eigenvalue weighted by Gasteiger charge is -2.33. The molecule has 7 heteroatoms. The molecule has 0 bridgehead atoms. The summed E-state index contributed by atoms with van der Waals surface area (Å²) in [5, 5.41) is 6.42. The maximum atomic E-state index is 11.2. The smallest absolute Gasteiger partial charge is 0.227 e. The summed E-state index contributed by atoms with van der Waals surface area (Å²) in [6.45, 7) is 4.83. The number of hydrogen-bond donors (Lipinski definition) is 2. The summed E-state index contributed by atoms with van der Waals surface area (Å²) >= 11 is 0. The number of hydrogen-bond acceptors (Lipinski definition) is 6. The van der Waals surface area contributed by atoms with Gasteiger partial charge in [-0.05, 0) is 31.7 Å². The monoisotopic (exact) mass is 319 g/mol. The fourth-order valence-corrected chi connectivity index (χ4v) is 3.21. The molecule has 7 nitrogen and oxygen atoms in total. The lowest BCUT2D eigenvalue weighted by atomic mass is 10.1. The molecule has 1 aromatic rings. The lowest BCUT2D eigenvalue weighted by molar-refractivity contribution is -0.119. The van der Waals surface area contributed by atoms with Crippen LogP contribution in [0.25, 0.3) is 0 Å². The summed E-state index contributed by atoms with van der Waals surface area (Å²) in [7, 11) is 0. The average Bonchev–Trinajstić information content (AvgIpc) is 2.56. The van der Waals surface area contributed by atoms with E-state index in [4.69, 9.17) is 4.74 Å². The van der Waals surface area contributed by atoms with Crippen LogP contribution in [0.5, 0.6) is 0 Å². The highest BCUT2D eigenvalue weighted by atomic mass is 16.5. The second kappa shape index (κ2) is 7.59. The number of nitrogens with one attached hydrogen (secondary N) is 2. The molecule has 126 valence electrons. The van der Waals surface area contributed by atoms with Gasteiger partial charge in [0.1, 0.15) is 5.82 Å². The molecule has 3 heterocycles. The molecule has 2 aliphatic rings. The molecule has 23 heavy (non-hydrogen) atoms. The highest BCUT2D eigenvalue weighted by molar-refractivity contribution is 5.73. The van der Waals surface area contributed by atoms with Gasteiger partial charge in [0.2, 0.25) is 11.9 Å². The van der Waals surface area contributed by atoms with Crippen molar-refractivity contribution in [2.75, 3.05) is 36.5 Å². The van der Waals surface area contributed by atoms with E-state index in [1.807, 2.05) is 6.07 Å². The van der Waals surface area contributed by atoms with Crippen LogP contribution < -0.4 is 15.5 Å². The summed E-state index contributed by atoms with van der Waals surface area (Å²) in [5.41, 5.74) is 0. The van der Waals surface area contributed by atoms with Gasteiger partial charge in [-0.15, -0.1) is 0 Å². The molecule has 2 saturated heterocycles. The van der Waals surface area contributed by atoms with E-state index in [0.717, 1.165) is 63.8 Å². The van der Waals surface area contributed by atoms with Crippen molar-refractivity contribution in [2.24, 2.45) is 0 Å². The van der Waals surface area contributed by atoms with Crippen LogP contribution in [0.3, 0.4) is 0 Å². The summed E-state index contributed by atoms with van der Waals surface area (Å²) in [4.78, 5) is 22.4. The number of anilines is 2. The molecule has 1 aromatic heterocycles. The molecular weight excluding hydrogens is 294 g/mol. The van der Waals surface area contributed by atoms with Crippen molar-refractivity contribution in [3.8, 4) is 0 Å². The van der Waals surface area contributed by atoms with Crippen LogP contribution >= 0.6 is 0 Å². The zero-order valence-corrected chi connectivity index (χ0v) is 13.6. The van der Waals surface area contributed by atoms with Gasteiger partial charge in [-0.3, -0.25) is 4.79 Å². The number of carbonyl (C=O) groups is 1. The van der Waals surface area contributed by atoms with Gasteiger partial charge in [0.15, 0.2) is 0 Å². The van der Waals surface area contributed by atoms with Crippen LogP contribution in [0.15, 0.2) is 12.3 Å². The summed E-state index contributed by atoms with van der Waals surface area (Å²) in [6, 6.07) is 2.39. The van der Waals surface area contributed by atoms with Crippen molar-refractivity contribution in [3.63, 3.8) is 0 Å². The first-order valence-corrected chi connectivity index (χ1v) is 8.40. The third-order valence-corrected chi connectivity index (χ3v) is 4.27. The first-order valence-electron chi connectivity index (χ1n) is 8.40. The van der Waals surface area contributed by atoms with E-state index >= 15 is 0 Å². The fourth-order valence-electron chi connectivity index (χ4n) is 3.21. The minimum absolute atomic E-state index is 0.0190. The molecule has 2 N–H and O–H groups in total. The molecule has 2 atom stereocenters. The second-order valence-electron chi connectivity index (χ2n) is 6.29. The van der Waals surface area contributed by atoms with E-state index in [0.29, 0.717) is 6.04 Å². The van der Waals surface area contributed by atoms with Crippen molar-refractivity contribution in [3.05, 3.63) is 12.3 Å². The van der Waals surface area contributed by atoms with E-state index < -0.39 is 0 Å². The first kappa shape index (κ1) is 16.0. The van der Waals surface area contributed by atoms with Gasteiger partial charge in [-0.1, -0.05) is 0 Å². The molecule has 2 aliphatic heterocycles. The molecule has 1 amide bonds. The van der Waals surface area contributed by atoms with E-state index in [1.54, 1.807) is 13.1 Å². The van der Waals surface area contributed by atoms with E-state index in [1.165, 1.54) is 0 Å². The number of piperidine rings is 1. The largest absolute Gasteiger partial charge is 0.379 e. The van der Waals surface area contributed by atoms with Crippen molar-refractivity contribution >= 4 is 17.7 Å². The average molecular weight is 319 g/mol. The van der Waals surface area contributed by atoms with Crippen LogP contribution in [0.4, 0.5) is 11.8 Å². The first-order chi connectivity index (χ1) is 11.2. The van der Waals surface area contributed by atoms with Crippen molar-refractivity contribution < 1.29 is 9.53 Å². The predicted octanol–water partition coefficient (Wildman–Crippen LogP) is 1.17. The summed E-state index contributed by atoms with van der Waals surface area (Å²) in [6.07, 6.45) is 6.01. The highest BCUT2D eigenvalue weighted by Crippen LogP contribution is 2.19. The number of ether oxygens (including phenoxy) is 1. The molecule has 0 aromatic carbocycles. The van der Waals surface area contributed by atoms with Gasteiger partial charge in [-0.2, -0.15) is 4.98 Å². The molecule has 0 unspecified atom stereocenters. The van der Waals surface area contributed by atoms with E-state index in [-0.39, 0.29) is 11.9 Å². The highest BCUT2D eigenvalue weighted by Gasteiger charge is 2.22. The lowest BCUT2D eigenvalue weighted by Crippen LogP contribution is -2.47. The Balaban J connectivity index is 1.62. The number of carbonyl (C=O) groups excluding carboxylic acids is 1. The Labute approximate surface area is 136 Å². The van der Waals surface area contributed by atoms with Crippen LogP contribution in [-0.2, 0) is 9.53 Å². The molecular formula is C16H25N5O2. The summed E-state index contributed by atoms with van der Waals surface area (Å²) in [5.74, 6) is 1.58. The van der Waals surface area contributed by atoms with Crippen LogP contribution in [0.2, 0.25) is 0 Å². The van der Waals surface area contributed by atoms with Crippen molar-refractivity contribution in [2.45, 2.75) is 44.7 Å². The minimum Gasteiger partial charge on any atom is -0.379 e. The summed E-state index contributed by atoms with van der Waals surface area (Å²) < 4.78 is 5.50. The van der Waals surface area contributed by atoms with Crippen LogP contribution in [0, 0.1) is 0 Å². The molecule has 0 saturated carbocycles. The molecule has 0 radical (unpaired) electrons. The Morgan fingerprint density at radius 2 is 2.22 bits per heavy atom. The third kappa shape index (κ3) is 4.54. The zero-order valence-electron chi connectivity index (χ0n) is 13.6. The second-order valence-corrected chi connectivity index (χ2v) is 6.29. The van der Waals surface area contributed by atoms with E-state index in [2.05, 4.69) is 25.5 Å². The van der Waals surface area contributed by atoms with Gasteiger partial charge >= 0.3 is 0 Å². The SMILES string of the molecule is CC(=O)N[C@H]1CCCN(c2nccc(N[C@@H]3CCCOC3)n2)C1. The standard InChI is InChI=1S/C16H25N5O2/c1-12(22)18-13-4-2-8-21(10-13)16-17-7-6-15(20-16)19-14-5-3-9-23-11-14/h6-7,13-14H,2-5,8-11H2,1H3,(H,18,22)(H,17,19,20)/t13-,14+/m0/s1.